The van der Waals surface area contributed by atoms with Crippen molar-refractivity contribution in [3.63, 3.8) is 0 Å². The first-order valence-corrected chi connectivity index (χ1v) is 7.09. The quantitative estimate of drug-likeness (QED) is 0.816. The average Bonchev–Trinajstić information content (AvgIpc) is 2.32. The number of hydrogen-bond acceptors (Lipinski definition) is 2. The van der Waals surface area contributed by atoms with Crippen molar-refractivity contribution in [2.45, 2.75) is 39.7 Å². The zero-order valence-corrected chi connectivity index (χ0v) is 12.8. The van der Waals surface area contributed by atoms with Crippen LogP contribution >= 0.6 is 15.9 Å². The van der Waals surface area contributed by atoms with Crippen LogP contribution in [0.25, 0.3) is 0 Å². The maximum atomic E-state index is 12.0. The van der Waals surface area contributed by atoms with E-state index in [2.05, 4.69) is 35.1 Å². The number of amides is 1. The van der Waals surface area contributed by atoms with E-state index >= 15 is 0 Å². The van der Waals surface area contributed by atoms with Gasteiger partial charge in [0.25, 0.3) is 5.91 Å². The first-order valence-electron chi connectivity index (χ1n) is 6.30. The summed E-state index contributed by atoms with van der Waals surface area (Å²) in [6, 6.07) is 5.41. The van der Waals surface area contributed by atoms with E-state index < -0.39 is 0 Å². The minimum absolute atomic E-state index is 0.0495. The van der Waals surface area contributed by atoms with Crippen LogP contribution in [-0.2, 0) is 0 Å². The number of benzene rings is 1. The lowest BCUT2D eigenvalue weighted by Gasteiger charge is -2.17. The van der Waals surface area contributed by atoms with E-state index in [0.717, 1.165) is 17.3 Å². The number of nitrogen functional groups attached to an aromatic ring is 1. The van der Waals surface area contributed by atoms with Gasteiger partial charge in [-0.1, -0.05) is 20.3 Å². The average molecular weight is 313 g/mol. The molecule has 0 aliphatic rings. The van der Waals surface area contributed by atoms with Gasteiger partial charge in [0, 0.05) is 21.8 Å². The summed E-state index contributed by atoms with van der Waals surface area (Å²) in [7, 11) is 0. The number of nitrogens with one attached hydrogen (secondary N) is 1. The molecule has 100 valence electrons. The minimum Gasteiger partial charge on any atom is -0.398 e. The van der Waals surface area contributed by atoms with E-state index in [0.29, 0.717) is 17.2 Å². The van der Waals surface area contributed by atoms with E-state index in [4.69, 9.17) is 5.73 Å². The number of hydrogen-bond donors (Lipinski definition) is 2. The molecule has 1 aromatic rings. The Balaban J connectivity index is 2.62. The largest absolute Gasteiger partial charge is 0.398 e. The molecule has 3 N–H and O–H groups in total. The fourth-order valence-corrected chi connectivity index (χ4v) is 2.18. The van der Waals surface area contributed by atoms with Crippen molar-refractivity contribution >= 4 is 27.5 Å². The molecule has 0 fully saturated rings. The zero-order chi connectivity index (χ0) is 13.7. The third kappa shape index (κ3) is 4.33. The zero-order valence-electron chi connectivity index (χ0n) is 11.2. The van der Waals surface area contributed by atoms with E-state index in [1.807, 2.05) is 6.92 Å². The smallest absolute Gasteiger partial charge is 0.251 e. The molecule has 0 aliphatic carbocycles. The molecule has 0 aliphatic heterocycles. The third-order valence-electron chi connectivity index (χ3n) is 3.09. The first kappa shape index (κ1) is 15.0. The lowest BCUT2D eigenvalue weighted by Crippen LogP contribution is -2.33. The molecule has 1 rings (SSSR count). The highest BCUT2D eigenvalue weighted by atomic mass is 79.9. The van der Waals surface area contributed by atoms with Crippen molar-refractivity contribution < 1.29 is 4.79 Å². The predicted molar refractivity (Wildman–Crippen MR) is 79.6 cm³/mol. The number of anilines is 1. The molecule has 2 atom stereocenters. The Morgan fingerprint density at radius 1 is 1.44 bits per heavy atom. The molecule has 18 heavy (non-hydrogen) atoms. The van der Waals surface area contributed by atoms with Crippen LogP contribution in [0, 0.1) is 5.92 Å². The molecule has 3 nitrogen and oxygen atoms in total. The summed E-state index contributed by atoms with van der Waals surface area (Å²) in [4.78, 5) is 12.0. The van der Waals surface area contributed by atoms with Crippen molar-refractivity contribution in [3.8, 4) is 0 Å². The molecule has 0 bridgehead atoms. The summed E-state index contributed by atoms with van der Waals surface area (Å²) in [5.41, 5.74) is 6.97. The molecule has 0 saturated heterocycles. The molecular weight excluding hydrogens is 292 g/mol. The van der Waals surface area contributed by atoms with E-state index in [1.54, 1.807) is 18.2 Å². The van der Waals surface area contributed by atoms with Gasteiger partial charge in [-0.15, -0.1) is 0 Å². The maximum Gasteiger partial charge on any atom is 0.251 e. The Morgan fingerprint density at radius 3 is 2.67 bits per heavy atom. The van der Waals surface area contributed by atoms with Crippen molar-refractivity contribution in [3.05, 3.63) is 28.2 Å². The van der Waals surface area contributed by atoms with E-state index in [9.17, 15) is 4.79 Å². The molecule has 0 spiro atoms. The fourth-order valence-electron chi connectivity index (χ4n) is 1.80. The minimum atomic E-state index is -0.0495. The molecule has 1 amide bonds. The summed E-state index contributed by atoms with van der Waals surface area (Å²) in [5, 5.41) is 3.01. The van der Waals surface area contributed by atoms with Crippen LogP contribution in [0.4, 0.5) is 5.69 Å². The Hall–Kier alpha value is -1.03. The second-order valence-corrected chi connectivity index (χ2v) is 5.71. The standard InChI is InChI=1S/C14H21BrN2O/c1-4-9(2)7-10(3)17-14(18)11-5-6-13(16)12(15)8-11/h5-6,8-10H,4,7,16H2,1-3H3,(H,17,18). The number of carbonyl (C=O) groups excluding carboxylic acids is 1. The Kier molecular flexibility index (Phi) is 5.66. The molecular formula is C14H21BrN2O. The Morgan fingerprint density at radius 2 is 2.11 bits per heavy atom. The third-order valence-corrected chi connectivity index (χ3v) is 3.78. The fraction of sp³-hybridized carbons (Fsp3) is 0.500. The number of halogens is 1. The number of rotatable bonds is 5. The van der Waals surface area contributed by atoms with Crippen molar-refractivity contribution in [1.82, 2.24) is 5.32 Å². The maximum absolute atomic E-state index is 12.0. The Labute approximate surface area is 117 Å². The molecule has 0 saturated carbocycles. The highest BCUT2D eigenvalue weighted by molar-refractivity contribution is 9.10. The molecule has 0 aromatic heterocycles. The first-order chi connectivity index (χ1) is 8.43. The van der Waals surface area contributed by atoms with Gasteiger partial charge < -0.3 is 11.1 Å². The van der Waals surface area contributed by atoms with Crippen LogP contribution in [0.2, 0.25) is 0 Å². The summed E-state index contributed by atoms with van der Waals surface area (Å²) < 4.78 is 0.754. The van der Waals surface area contributed by atoms with Gasteiger partial charge in [-0.25, -0.2) is 0 Å². The van der Waals surface area contributed by atoms with Gasteiger partial charge in [-0.3, -0.25) is 4.79 Å². The lowest BCUT2D eigenvalue weighted by atomic mass is 10.00. The lowest BCUT2D eigenvalue weighted by molar-refractivity contribution is 0.0935. The number of nitrogens with two attached hydrogens (primary N) is 1. The summed E-state index contributed by atoms with van der Waals surface area (Å²) in [6.07, 6.45) is 2.13. The number of carbonyl (C=O) groups is 1. The molecule has 2 unspecified atom stereocenters. The Bertz CT molecular complexity index is 420. The second-order valence-electron chi connectivity index (χ2n) is 4.86. The van der Waals surface area contributed by atoms with Crippen molar-refractivity contribution in [2.75, 3.05) is 5.73 Å². The van der Waals surface area contributed by atoms with Gasteiger partial charge in [-0.2, -0.15) is 0 Å². The predicted octanol–water partition coefficient (Wildman–Crippen LogP) is 3.59. The highest BCUT2D eigenvalue weighted by Gasteiger charge is 2.12. The molecule has 0 heterocycles. The molecule has 0 radical (unpaired) electrons. The second kappa shape index (κ2) is 6.78. The van der Waals surface area contributed by atoms with Gasteiger partial charge in [-0.05, 0) is 53.4 Å². The van der Waals surface area contributed by atoms with Crippen LogP contribution in [-0.4, -0.2) is 11.9 Å². The van der Waals surface area contributed by atoms with Crippen LogP contribution < -0.4 is 11.1 Å². The van der Waals surface area contributed by atoms with Gasteiger partial charge in [0.05, 0.1) is 0 Å². The van der Waals surface area contributed by atoms with Gasteiger partial charge >= 0.3 is 0 Å². The molecule has 1 aromatic carbocycles. The van der Waals surface area contributed by atoms with Crippen LogP contribution in [0.1, 0.15) is 44.0 Å². The summed E-state index contributed by atoms with van der Waals surface area (Å²) in [6.45, 7) is 6.40. The van der Waals surface area contributed by atoms with Crippen LogP contribution in [0.3, 0.4) is 0 Å². The van der Waals surface area contributed by atoms with Crippen LogP contribution in [0.5, 0.6) is 0 Å². The van der Waals surface area contributed by atoms with E-state index in [-0.39, 0.29) is 11.9 Å². The summed E-state index contributed by atoms with van der Waals surface area (Å²) >= 11 is 3.33. The SMILES string of the molecule is CCC(C)CC(C)NC(=O)c1ccc(N)c(Br)c1. The normalized spacial score (nSPS) is 14.0. The van der Waals surface area contributed by atoms with E-state index in [1.165, 1.54) is 0 Å². The van der Waals surface area contributed by atoms with Gasteiger partial charge in [0.15, 0.2) is 0 Å². The van der Waals surface area contributed by atoms with Crippen molar-refractivity contribution in [1.29, 1.82) is 0 Å². The van der Waals surface area contributed by atoms with Gasteiger partial charge in [0.2, 0.25) is 0 Å². The highest BCUT2D eigenvalue weighted by Crippen LogP contribution is 2.20. The topological polar surface area (TPSA) is 55.1 Å². The van der Waals surface area contributed by atoms with Gasteiger partial charge in [0.1, 0.15) is 0 Å². The van der Waals surface area contributed by atoms with Crippen molar-refractivity contribution in [2.24, 2.45) is 5.92 Å². The molecule has 4 heteroatoms. The summed E-state index contributed by atoms with van der Waals surface area (Å²) in [5.74, 6) is 0.574. The van der Waals surface area contributed by atoms with Crippen LogP contribution in [0.15, 0.2) is 22.7 Å². The monoisotopic (exact) mass is 312 g/mol.